The van der Waals surface area contributed by atoms with Crippen molar-refractivity contribution in [3.05, 3.63) is 11.8 Å². The Hall–Kier alpha value is -1.52. The zero-order valence-electron chi connectivity index (χ0n) is 12.1. The molecule has 2 heterocycles. The molecule has 1 saturated heterocycles. The Morgan fingerprint density at radius 2 is 2.16 bits per heavy atom. The second-order valence-electron chi connectivity index (χ2n) is 5.32. The SMILES string of the molecule is CCCn1ncc(C)c1NC1CCN(C(C)=O)CC1. The fourth-order valence-electron chi connectivity index (χ4n) is 2.58. The highest BCUT2D eigenvalue weighted by Crippen LogP contribution is 2.20. The molecule has 1 amide bonds. The molecule has 0 bridgehead atoms. The molecule has 5 heteroatoms. The van der Waals surface area contributed by atoms with Crippen molar-refractivity contribution in [1.82, 2.24) is 14.7 Å². The summed E-state index contributed by atoms with van der Waals surface area (Å²) < 4.78 is 2.05. The Morgan fingerprint density at radius 3 is 2.74 bits per heavy atom. The molecule has 106 valence electrons. The van der Waals surface area contributed by atoms with E-state index in [0.29, 0.717) is 6.04 Å². The van der Waals surface area contributed by atoms with E-state index in [0.717, 1.165) is 44.7 Å². The van der Waals surface area contributed by atoms with E-state index >= 15 is 0 Å². The van der Waals surface area contributed by atoms with Crippen molar-refractivity contribution in [3.8, 4) is 0 Å². The van der Waals surface area contributed by atoms with E-state index in [1.807, 2.05) is 15.8 Å². The number of amides is 1. The van der Waals surface area contributed by atoms with Crippen LogP contribution in [0.15, 0.2) is 6.20 Å². The molecule has 1 fully saturated rings. The van der Waals surface area contributed by atoms with Crippen LogP contribution in [0.2, 0.25) is 0 Å². The maximum absolute atomic E-state index is 11.3. The van der Waals surface area contributed by atoms with Crippen LogP contribution in [0.3, 0.4) is 0 Å². The van der Waals surface area contributed by atoms with Crippen LogP contribution in [0, 0.1) is 6.92 Å². The van der Waals surface area contributed by atoms with E-state index in [1.54, 1.807) is 6.92 Å². The molecule has 2 rings (SSSR count). The topological polar surface area (TPSA) is 50.2 Å². The van der Waals surface area contributed by atoms with E-state index in [-0.39, 0.29) is 5.91 Å². The Morgan fingerprint density at radius 1 is 1.47 bits per heavy atom. The van der Waals surface area contributed by atoms with Crippen LogP contribution < -0.4 is 5.32 Å². The fourth-order valence-corrected chi connectivity index (χ4v) is 2.58. The minimum atomic E-state index is 0.186. The summed E-state index contributed by atoms with van der Waals surface area (Å²) in [6.07, 6.45) is 5.02. The average molecular weight is 264 g/mol. The number of hydrogen-bond acceptors (Lipinski definition) is 3. The van der Waals surface area contributed by atoms with Gasteiger partial charge in [-0.05, 0) is 26.2 Å². The molecule has 0 atom stereocenters. The Bertz CT molecular complexity index is 433. The lowest BCUT2D eigenvalue weighted by Gasteiger charge is -2.32. The number of hydrogen-bond donors (Lipinski definition) is 1. The lowest BCUT2D eigenvalue weighted by Crippen LogP contribution is -2.41. The molecule has 0 radical (unpaired) electrons. The smallest absolute Gasteiger partial charge is 0.219 e. The van der Waals surface area contributed by atoms with Gasteiger partial charge >= 0.3 is 0 Å². The Labute approximate surface area is 115 Å². The molecule has 1 aliphatic rings. The van der Waals surface area contributed by atoms with Crippen LogP contribution in [0.25, 0.3) is 0 Å². The van der Waals surface area contributed by atoms with E-state index in [9.17, 15) is 4.79 Å². The summed E-state index contributed by atoms with van der Waals surface area (Å²) in [4.78, 5) is 13.2. The van der Waals surface area contributed by atoms with Crippen LogP contribution in [0.5, 0.6) is 0 Å². The van der Waals surface area contributed by atoms with Gasteiger partial charge in [0.25, 0.3) is 0 Å². The third-order valence-electron chi connectivity index (χ3n) is 3.74. The monoisotopic (exact) mass is 264 g/mol. The minimum Gasteiger partial charge on any atom is -0.367 e. The minimum absolute atomic E-state index is 0.186. The average Bonchev–Trinajstić information content (AvgIpc) is 2.73. The lowest BCUT2D eigenvalue weighted by atomic mass is 10.0. The van der Waals surface area contributed by atoms with E-state index in [1.165, 1.54) is 5.56 Å². The summed E-state index contributed by atoms with van der Waals surface area (Å²) in [7, 11) is 0. The molecule has 0 spiro atoms. The van der Waals surface area contributed by atoms with Crippen LogP contribution >= 0.6 is 0 Å². The van der Waals surface area contributed by atoms with E-state index in [4.69, 9.17) is 0 Å². The molecular weight excluding hydrogens is 240 g/mol. The van der Waals surface area contributed by atoms with Crippen molar-refractivity contribution in [2.45, 2.75) is 52.6 Å². The number of rotatable bonds is 4. The summed E-state index contributed by atoms with van der Waals surface area (Å²) in [6, 6.07) is 0.446. The first-order valence-electron chi connectivity index (χ1n) is 7.16. The van der Waals surface area contributed by atoms with Crippen molar-refractivity contribution in [2.75, 3.05) is 18.4 Å². The van der Waals surface area contributed by atoms with Gasteiger partial charge in [-0.1, -0.05) is 6.92 Å². The predicted molar refractivity (Wildman–Crippen MR) is 76.2 cm³/mol. The molecular formula is C14H24N4O. The first-order valence-corrected chi connectivity index (χ1v) is 7.16. The maximum atomic E-state index is 11.3. The quantitative estimate of drug-likeness (QED) is 0.905. The van der Waals surface area contributed by atoms with Gasteiger partial charge in [-0.3, -0.25) is 4.79 Å². The van der Waals surface area contributed by atoms with Gasteiger partial charge in [-0.15, -0.1) is 0 Å². The molecule has 1 aromatic heterocycles. The second kappa shape index (κ2) is 6.08. The van der Waals surface area contributed by atoms with Crippen LogP contribution in [0.1, 0.15) is 38.7 Å². The molecule has 0 unspecified atom stereocenters. The van der Waals surface area contributed by atoms with Gasteiger partial charge in [0.05, 0.1) is 6.20 Å². The van der Waals surface area contributed by atoms with Crippen LogP contribution in [-0.2, 0) is 11.3 Å². The van der Waals surface area contributed by atoms with Crippen LogP contribution in [0.4, 0.5) is 5.82 Å². The highest BCUT2D eigenvalue weighted by atomic mass is 16.2. The zero-order chi connectivity index (χ0) is 13.8. The van der Waals surface area contributed by atoms with Crippen molar-refractivity contribution in [2.24, 2.45) is 0 Å². The number of aryl methyl sites for hydroxylation is 2. The van der Waals surface area contributed by atoms with Crippen molar-refractivity contribution < 1.29 is 4.79 Å². The molecule has 1 aromatic rings. The van der Waals surface area contributed by atoms with Gasteiger partial charge < -0.3 is 10.2 Å². The first-order chi connectivity index (χ1) is 9.11. The van der Waals surface area contributed by atoms with Gasteiger partial charge in [0, 0.05) is 38.2 Å². The van der Waals surface area contributed by atoms with Crippen molar-refractivity contribution >= 4 is 11.7 Å². The fraction of sp³-hybridized carbons (Fsp3) is 0.714. The molecule has 1 aliphatic heterocycles. The van der Waals surface area contributed by atoms with Crippen molar-refractivity contribution in [3.63, 3.8) is 0 Å². The maximum Gasteiger partial charge on any atom is 0.219 e. The molecule has 19 heavy (non-hydrogen) atoms. The molecule has 1 N–H and O–H groups in total. The zero-order valence-corrected chi connectivity index (χ0v) is 12.1. The second-order valence-corrected chi connectivity index (χ2v) is 5.32. The Kier molecular flexibility index (Phi) is 4.45. The molecule has 0 aromatic carbocycles. The largest absolute Gasteiger partial charge is 0.367 e. The van der Waals surface area contributed by atoms with Gasteiger partial charge in [-0.25, -0.2) is 4.68 Å². The standard InChI is InChI=1S/C14H24N4O/c1-4-7-18-14(11(2)10-15-18)16-13-5-8-17(9-6-13)12(3)19/h10,13,16H,4-9H2,1-3H3. The lowest BCUT2D eigenvalue weighted by molar-refractivity contribution is -0.129. The Balaban J connectivity index is 1.95. The first kappa shape index (κ1) is 13.9. The summed E-state index contributed by atoms with van der Waals surface area (Å²) in [5.41, 5.74) is 1.20. The van der Waals surface area contributed by atoms with Gasteiger partial charge in [0.2, 0.25) is 5.91 Å². The highest BCUT2D eigenvalue weighted by molar-refractivity contribution is 5.73. The number of carbonyl (C=O) groups is 1. The summed E-state index contributed by atoms with van der Waals surface area (Å²) in [5, 5.41) is 8.01. The number of aromatic nitrogens is 2. The summed E-state index contributed by atoms with van der Waals surface area (Å²) in [5.74, 6) is 1.33. The molecule has 0 aliphatic carbocycles. The highest BCUT2D eigenvalue weighted by Gasteiger charge is 2.21. The summed E-state index contributed by atoms with van der Waals surface area (Å²) >= 11 is 0. The third kappa shape index (κ3) is 3.28. The molecule has 5 nitrogen and oxygen atoms in total. The van der Waals surface area contributed by atoms with E-state index < -0.39 is 0 Å². The number of nitrogens with one attached hydrogen (secondary N) is 1. The third-order valence-corrected chi connectivity index (χ3v) is 3.74. The predicted octanol–water partition coefficient (Wildman–Crippen LogP) is 2.02. The molecule has 0 saturated carbocycles. The number of piperidine rings is 1. The van der Waals surface area contributed by atoms with Gasteiger partial charge in [0.15, 0.2) is 0 Å². The van der Waals surface area contributed by atoms with Crippen molar-refractivity contribution in [1.29, 1.82) is 0 Å². The van der Waals surface area contributed by atoms with Gasteiger partial charge in [0.1, 0.15) is 5.82 Å². The normalized spacial score (nSPS) is 16.7. The van der Waals surface area contributed by atoms with E-state index in [2.05, 4.69) is 24.3 Å². The van der Waals surface area contributed by atoms with Gasteiger partial charge in [-0.2, -0.15) is 5.10 Å². The number of carbonyl (C=O) groups excluding carboxylic acids is 1. The number of anilines is 1. The number of nitrogens with zero attached hydrogens (tertiary/aromatic N) is 3. The van der Waals surface area contributed by atoms with Crippen LogP contribution in [-0.4, -0.2) is 39.7 Å². The summed E-state index contributed by atoms with van der Waals surface area (Å²) in [6.45, 7) is 8.55. The number of likely N-dealkylation sites (tertiary alicyclic amines) is 1.